The van der Waals surface area contributed by atoms with Gasteiger partial charge in [-0.05, 0) is 38.3 Å². The lowest BCUT2D eigenvalue weighted by Crippen LogP contribution is -2.04. The van der Waals surface area contributed by atoms with Gasteiger partial charge < -0.3 is 14.0 Å². The van der Waals surface area contributed by atoms with E-state index in [1.54, 1.807) is 12.5 Å². The lowest BCUT2D eigenvalue weighted by Gasteiger charge is -2.11. The molecule has 5 nitrogen and oxygen atoms in total. The zero-order chi connectivity index (χ0) is 15.6. The fraction of sp³-hybridized carbons (Fsp3) is 0.412. The first-order valence-electron chi connectivity index (χ1n) is 7.67. The van der Waals surface area contributed by atoms with E-state index in [4.69, 9.17) is 9.47 Å². The zero-order valence-electron chi connectivity index (χ0n) is 12.9. The van der Waals surface area contributed by atoms with Gasteiger partial charge in [-0.25, -0.2) is 4.98 Å². The van der Waals surface area contributed by atoms with Crippen molar-refractivity contribution in [2.75, 3.05) is 13.2 Å². The minimum atomic E-state index is -0.117. The van der Waals surface area contributed by atoms with Crippen molar-refractivity contribution in [1.29, 1.82) is 0 Å². The molecule has 0 aliphatic heterocycles. The van der Waals surface area contributed by atoms with Crippen LogP contribution in [0.15, 0.2) is 43.0 Å². The Hall–Kier alpha value is -2.30. The molecule has 0 aliphatic carbocycles. The SMILES string of the molecule is CCOC(=O)CCCCCOc1ccccc1-n1ccnc1. The molecule has 0 spiro atoms. The van der Waals surface area contributed by atoms with Crippen LogP contribution in [0.3, 0.4) is 0 Å². The van der Waals surface area contributed by atoms with Crippen molar-refractivity contribution in [1.82, 2.24) is 9.55 Å². The molecule has 1 aromatic carbocycles. The average Bonchev–Trinajstić information content (AvgIpc) is 3.05. The number of hydrogen-bond donors (Lipinski definition) is 0. The molecule has 1 heterocycles. The van der Waals surface area contributed by atoms with Crippen LogP contribution < -0.4 is 4.74 Å². The van der Waals surface area contributed by atoms with Crippen molar-refractivity contribution in [2.45, 2.75) is 32.6 Å². The predicted molar refractivity (Wildman–Crippen MR) is 84.2 cm³/mol. The number of aromatic nitrogens is 2. The third-order valence-electron chi connectivity index (χ3n) is 3.24. The molecule has 1 aromatic heterocycles. The van der Waals surface area contributed by atoms with E-state index >= 15 is 0 Å². The van der Waals surface area contributed by atoms with Gasteiger partial charge in [0.05, 0.1) is 25.2 Å². The second-order valence-electron chi connectivity index (χ2n) is 4.90. The Labute approximate surface area is 130 Å². The Morgan fingerprint density at radius 3 is 2.86 bits per heavy atom. The molecule has 0 unspecified atom stereocenters. The van der Waals surface area contributed by atoms with Crippen LogP contribution in [0.4, 0.5) is 0 Å². The highest BCUT2D eigenvalue weighted by molar-refractivity contribution is 5.69. The Morgan fingerprint density at radius 1 is 1.23 bits per heavy atom. The summed E-state index contributed by atoms with van der Waals surface area (Å²) in [5.74, 6) is 0.722. The second kappa shape index (κ2) is 8.87. The largest absolute Gasteiger partial charge is 0.491 e. The molecule has 0 saturated heterocycles. The predicted octanol–water partition coefficient (Wildman–Crippen LogP) is 3.37. The number of unbranched alkanes of at least 4 members (excludes halogenated alkanes) is 2. The summed E-state index contributed by atoms with van der Waals surface area (Å²) in [6.45, 7) is 2.91. The molecule has 118 valence electrons. The van der Waals surface area contributed by atoms with Gasteiger partial charge in [0.2, 0.25) is 0 Å². The number of imidazole rings is 1. The maximum absolute atomic E-state index is 11.2. The van der Waals surface area contributed by atoms with Gasteiger partial charge in [-0.15, -0.1) is 0 Å². The van der Waals surface area contributed by atoms with Gasteiger partial charge in [-0.3, -0.25) is 4.79 Å². The van der Waals surface area contributed by atoms with Crippen LogP contribution in [-0.4, -0.2) is 28.7 Å². The van der Waals surface area contributed by atoms with Gasteiger partial charge in [0.25, 0.3) is 0 Å². The van der Waals surface area contributed by atoms with E-state index in [1.165, 1.54) is 0 Å². The number of rotatable bonds is 9. The van der Waals surface area contributed by atoms with Crippen LogP contribution in [0.2, 0.25) is 0 Å². The smallest absolute Gasteiger partial charge is 0.305 e. The first-order valence-corrected chi connectivity index (χ1v) is 7.67. The monoisotopic (exact) mass is 302 g/mol. The number of ether oxygens (including phenoxy) is 2. The van der Waals surface area contributed by atoms with Crippen LogP contribution in [0.1, 0.15) is 32.6 Å². The standard InChI is InChI=1S/C17H22N2O3/c1-2-21-17(20)10-4-3-7-13-22-16-9-6-5-8-15(16)19-12-11-18-14-19/h5-6,8-9,11-12,14H,2-4,7,10,13H2,1H3. The molecular formula is C17H22N2O3. The number of esters is 1. The summed E-state index contributed by atoms with van der Waals surface area (Å²) in [5, 5.41) is 0. The van der Waals surface area contributed by atoms with Gasteiger partial charge in [-0.1, -0.05) is 12.1 Å². The third-order valence-corrected chi connectivity index (χ3v) is 3.24. The Morgan fingerprint density at radius 2 is 2.09 bits per heavy atom. The topological polar surface area (TPSA) is 53.4 Å². The van der Waals surface area contributed by atoms with Gasteiger partial charge in [0.15, 0.2) is 0 Å². The Kier molecular flexibility index (Phi) is 6.48. The molecule has 0 saturated carbocycles. The lowest BCUT2D eigenvalue weighted by atomic mass is 10.2. The molecule has 22 heavy (non-hydrogen) atoms. The molecule has 0 amide bonds. The molecule has 0 aliphatic rings. The molecular weight excluding hydrogens is 280 g/mol. The van der Waals surface area contributed by atoms with Crippen molar-refractivity contribution >= 4 is 5.97 Å². The van der Waals surface area contributed by atoms with Gasteiger partial charge in [0, 0.05) is 18.8 Å². The number of carbonyl (C=O) groups is 1. The van der Waals surface area contributed by atoms with E-state index in [2.05, 4.69) is 4.98 Å². The Balaban J connectivity index is 1.73. The van der Waals surface area contributed by atoms with Gasteiger partial charge >= 0.3 is 5.97 Å². The number of para-hydroxylation sites is 2. The molecule has 0 fully saturated rings. The maximum atomic E-state index is 11.2. The fourth-order valence-electron chi connectivity index (χ4n) is 2.16. The number of benzene rings is 1. The average molecular weight is 302 g/mol. The summed E-state index contributed by atoms with van der Waals surface area (Å²) in [5.41, 5.74) is 0.978. The van der Waals surface area contributed by atoms with Crippen molar-refractivity contribution in [3.63, 3.8) is 0 Å². The number of nitrogens with zero attached hydrogens (tertiary/aromatic N) is 2. The molecule has 2 aromatic rings. The fourth-order valence-corrected chi connectivity index (χ4v) is 2.16. The summed E-state index contributed by atoms with van der Waals surface area (Å²) in [6, 6.07) is 7.88. The van der Waals surface area contributed by atoms with Gasteiger partial charge in [0.1, 0.15) is 5.75 Å². The first kappa shape index (κ1) is 16.1. The van der Waals surface area contributed by atoms with Crippen molar-refractivity contribution in [3.05, 3.63) is 43.0 Å². The van der Waals surface area contributed by atoms with Crippen molar-refractivity contribution in [2.24, 2.45) is 0 Å². The van der Waals surface area contributed by atoms with Gasteiger partial charge in [-0.2, -0.15) is 0 Å². The van der Waals surface area contributed by atoms with Crippen LogP contribution >= 0.6 is 0 Å². The summed E-state index contributed by atoms with van der Waals surface area (Å²) < 4.78 is 12.7. The van der Waals surface area contributed by atoms with E-state index < -0.39 is 0 Å². The molecule has 0 bridgehead atoms. The first-order chi connectivity index (χ1) is 10.8. The molecule has 2 rings (SSSR count). The molecule has 0 N–H and O–H groups in total. The van der Waals surface area contributed by atoms with E-state index in [1.807, 2.05) is 42.0 Å². The highest BCUT2D eigenvalue weighted by Crippen LogP contribution is 2.22. The summed E-state index contributed by atoms with van der Waals surface area (Å²) >= 11 is 0. The Bertz CT molecular complexity index is 567. The summed E-state index contributed by atoms with van der Waals surface area (Å²) in [7, 11) is 0. The maximum Gasteiger partial charge on any atom is 0.305 e. The summed E-state index contributed by atoms with van der Waals surface area (Å²) in [6.07, 6.45) is 8.57. The van der Waals surface area contributed by atoms with E-state index in [0.717, 1.165) is 30.7 Å². The summed E-state index contributed by atoms with van der Waals surface area (Å²) in [4.78, 5) is 15.3. The molecule has 0 atom stereocenters. The zero-order valence-corrected chi connectivity index (χ0v) is 12.9. The van der Waals surface area contributed by atoms with Crippen LogP contribution in [0, 0.1) is 0 Å². The number of carbonyl (C=O) groups excluding carboxylic acids is 1. The third kappa shape index (κ3) is 4.91. The normalized spacial score (nSPS) is 10.4. The highest BCUT2D eigenvalue weighted by atomic mass is 16.5. The minimum absolute atomic E-state index is 0.117. The quantitative estimate of drug-likeness (QED) is 0.526. The van der Waals surface area contributed by atoms with Crippen molar-refractivity contribution in [3.8, 4) is 11.4 Å². The van der Waals surface area contributed by atoms with E-state index in [0.29, 0.717) is 19.6 Å². The molecule has 5 heteroatoms. The van der Waals surface area contributed by atoms with Crippen LogP contribution in [0.25, 0.3) is 5.69 Å². The van der Waals surface area contributed by atoms with E-state index in [-0.39, 0.29) is 5.97 Å². The molecule has 0 radical (unpaired) electrons. The van der Waals surface area contributed by atoms with Crippen LogP contribution in [-0.2, 0) is 9.53 Å². The van der Waals surface area contributed by atoms with Crippen molar-refractivity contribution < 1.29 is 14.3 Å². The number of hydrogen-bond acceptors (Lipinski definition) is 4. The van der Waals surface area contributed by atoms with E-state index in [9.17, 15) is 4.79 Å². The minimum Gasteiger partial charge on any atom is -0.491 e. The second-order valence-corrected chi connectivity index (χ2v) is 4.90. The highest BCUT2D eigenvalue weighted by Gasteiger charge is 2.05. The lowest BCUT2D eigenvalue weighted by molar-refractivity contribution is -0.143. The van der Waals surface area contributed by atoms with Crippen LogP contribution in [0.5, 0.6) is 5.75 Å².